The Balaban J connectivity index is 2.36. The number of aromatic carboxylic acids is 1. The van der Waals surface area contributed by atoms with Crippen LogP contribution in [-0.4, -0.2) is 61.9 Å². The second kappa shape index (κ2) is 7.02. The Morgan fingerprint density at radius 1 is 1.30 bits per heavy atom. The molecule has 1 fully saturated rings. The van der Waals surface area contributed by atoms with Crippen molar-refractivity contribution in [3.63, 3.8) is 0 Å². The number of hydrogen-bond acceptors (Lipinski definition) is 5. The molecular formula is C15H24N2O5S. The molecule has 0 spiro atoms. The molecule has 1 N–H and O–H groups in total. The summed E-state index contributed by atoms with van der Waals surface area (Å²) in [6.45, 7) is 2.48. The summed E-state index contributed by atoms with van der Waals surface area (Å²) in [6.07, 6.45) is 3.72. The smallest absolute Gasteiger partial charge is 0.371 e. The van der Waals surface area contributed by atoms with E-state index in [1.54, 1.807) is 0 Å². The van der Waals surface area contributed by atoms with E-state index in [2.05, 4.69) is 0 Å². The predicted molar refractivity (Wildman–Crippen MR) is 85.1 cm³/mol. The average molecular weight is 344 g/mol. The monoisotopic (exact) mass is 344 g/mol. The molecule has 1 heterocycles. The molecule has 0 atom stereocenters. The number of carboxylic acids is 1. The maximum absolute atomic E-state index is 13.0. The number of likely N-dealkylation sites (N-methyl/N-ethyl adjacent to an activating group) is 1. The Labute approximate surface area is 136 Å². The van der Waals surface area contributed by atoms with E-state index in [9.17, 15) is 13.2 Å². The molecular weight excluding hydrogens is 320 g/mol. The van der Waals surface area contributed by atoms with E-state index in [0.29, 0.717) is 13.1 Å². The summed E-state index contributed by atoms with van der Waals surface area (Å²) in [5.41, 5.74) is 0. The number of aryl methyl sites for hydroxylation is 1. The van der Waals surface area contributed by atoms with Crippen LogP contribution in [-0.2, 0) is 10.0 Å². The van der Waals surface area contributed by atoms with E-state index in [0.717, 1.165) is 31.7 Å². The molecule has 8 heteroatoms. The van der Waals surface area contributed by atoms with Gasteiger partial charge < -0.3 is 14.4 Å². The van der Waals surface area contributed by atoms with Gasteiger partial charge in [-0.15, -0.1) is 0 Å². The summed E-state index contributed by atoms with van der Waals surface area (Å²) < 4.78 is 32.7. The third-order valence-electron chi connectivity index (χ3n) is 4.17. The first kappa shape index (κ1) is 18.0. The first-order chi connectivity index (χ1) is 10.7. The maximum Gasteiger partial charge on any atom is 0.371 e. The summed E-state index contributed by atoms with van der Waals surface area (Å²) in [5, 5.41) is 9.01. The van der Waals surface area contributed by atoms with Gasteiger partial charge in [0.1, 0.15) is 10.7 Å². The van der Waals surface area contributed by atoms with Crippen LogP contribution in [0.25, 0.3) is 0 Å². The number of nitrogens with zero attached hydrogens (tertiary/aromatic N) is 2. The fraction of sp³-hybridized carbons (Fsp3) is 0.667. The Morgan fingerprint density at radius 3 is 2.39 bits per heavy atom. The lowest BCUT2D eigenvalue weighted by Crippen LogP contribution is -2.42. The van der Waals surface area contributed by atoms with Crippen molar-refractivity contribution in [3.05, 3.63) is 17.6 Å². The predicted octanol–water partition coefficient (Wildman–Crippen LogP) is 1.78. The third kappa shape index (κ3) is 3.94. The van der Waals surface area contributed by atoms with Crippen LogP contribution < -0.4 is 0 Å². The molecule has 1 aromatic heterocycles. The van der Waals surface area contributed by atoms with Crippen LogP contribution in [0.15, 0.2) is 15.4 Å². The lowest BCUT2D eigenvalue weighted by Gasteiger charge is -2.28. The molecule has 1 aliphatic rings. The molecule has 1 saturated carbocycles. The third-order valence-corrected chi connectivity index (χ3v) is 6.23. The lowest BCUT2D eigenvalue weighted by molar-refractivity contribution is 0.0661. The van der Waals surface area contributed by atoms with Crippen LogP contribution in [0.1, 0.15) is 42.0 Å². The van der Waals surface area contributed by atoms with Crippen LogP contribution in [0.5, 0.6) is 0 Å². The number of hydrogen-bond donors (Lipinski definition) is 1. The van der Waals surface area contributed by atoms with Crippen molar-refractivity contribution in [2.24, 2.45) is 0 Å². The van der Waals surface area contributed by atoms with Gasteiger partial charge in [-0.1, -0.05) is 12.8 Å². The Bertz CT molecular complexity index is 659. The summed E-state index contributed by atoms with van der Waals surface area (Å²) in [7, 11) is 0.0139. The van der Waals surface area contributed by atoms with E-state index >= 15 is 0 Å². The fourth-order valence-electron chi connectivity index (χ4n) is 2.94. The number of sulfonamides is 1. The van der Waals surface area contributed by atoms with Crippen LogP contribution in [0.2, 0.25) is 0 Å². The van der Waals surface area contributed by atoms with Crippen LogP contribution in [0.4, 0.5) is 0 Å². The van der Waals surface area contributed by atoms with Gasteiger partial charge in [0.15, 0.2) is 0 Å². The Hall–Kier alpha value is -1.38. The molecule has 0 aliphatic heterocycles. The molecule has 0 amide bonds. The lowest BCUT2D eigenvalue weighted by atomic mass is 10.2. The van der Waals surface area contributed by atoms with Gasteiger partial charge in [0.2, 0.25) is 15.8 Å². The highest BCUT2D eigenvalue weighted by atomic mass is 32.2. The molecule has 1 aliphatic carbocycles. The van der Waals surface area contributed by atoms with Gasteiger partial charge >= 0.3 is 5.97 Å². The van der Waals surface area contributed by atoms with Crippen molar-refractivity contribution in [2.45, 2.75) is 43.5 Å². The number of rotatable bonds is 7. The highest BCUT2D eigenvalue weighted by Crippen LogP contribution is 2.31. The molecule has 1 aromatic rings. The summed E-state index contributed by atoms with van der Waals surface area (Å²) >= 11 is 0. The second-order valence-corrected chi connectivity index (χ2v) is 8.05. The van der Waals surface area contributed by atoms with Crippen molar-refractivity contribution in [3.8, 4) is 0 Å². The number of carboxylic acid groups (broad SMARTS) is 1. The number of furan rings is 1. The van der Waals surface area contributed by atoms with E-state index in [1.807, 2.05) is 19.0 Å². The van der Waals surface area contributed by atoms with Crippen molar-refractivity contribution >= 4 is 16.0 Å². The topological polar surface area (TPSA) is 91.1 Å². The average Bonchev–Trinajstić information content (AvgIpc) is 3.07. The molecule has 2 rings (SSSR count). The number of carbonyl (C=O) groups is 1. The van der Waals surface area contributed by atoms with Gasteiger partial charge in [0.05, 0.1) is 0 Å². The van der Waals surface area contributed by atoms with Gasteiger partial charge in [-0.2, -0.15) is 4.31 Å². The van der Waals surface area contributed by atoms with Crippen molar-refractivity contribution < 1.29 is 22.7 Å². The van der Waals surface area contributed by atoms with Crippen molar-refractivity contribution in [1.29, 1.82) is 0 Å². The molecule has 0 saturated heterocycles. The van der Waals surface area contributed by atoms with Gasteiger partial charge in [-0.05, 0) is 33.9 Å². The van der Waals surface area contributed by atoms with Crippen molar-refractivity contribution in [1.82, 2.24) is 9.21 Å². The van der Waals surface area contributed by atoms with Crippen molar-refractivity contribution in [2.75, 3.05) is 27.2 Å². The zero-order valence-corrected chi connectivity index (χ0v) is 14.6. The maximum atomic E-state index is 13.0. The minimum absolute atomic E-state index is 0.0254. The van der Waals surface area contributed by atoms with Gasteiger partial charge in [-0.25, -0.2) is 13.2 Å². The van der Waals surface area contributed by atoms with Crippen LogP contribution in [0.3, 0.4) is 0 Å². The van der Waals surface area contributed by atoms with E-state index in [1.165, 1.54) is 11.2 Å². The quantitative estimate of drug-likeness (QED) is 0.811. The SMILES string of the molecule is Cc1oc(C(=O)O)cc1S(=O)(=O)N(CCN(C)C)C1CCCC1. The molecule has 23 heavy (non-hydrogen) atoms. The Kier molecular flexibility index (Phi) is 5.49. The van der Waals surface area contributed by atoms with E-state index in [4.69, 9.17) is 9.52 Å². The van der Waals surface area contributed by atoms with Gasteiger partial charge in [0, 0.05) is 25.2 Å². The molecule has 130 valence electrons. The first-order valence-electron chi connectivity index (χ1n) is 7.73. The highest BCUT2D eigenvalue weighted by molar-refractivity contribution is 7.89. The highest BCUT2D eigenvalue weighted by Gasteiger charge is 2.35. The normalized spacial score (nSPS) is 16.6. The van der Waals surface area contributed by atoms with E-state index in [-0.39, 0.29) is 22.5 Å². The summed E-state index contributed by atoms with van der Waals surface area (Å²) in [5.74, 6) is -1.49. The minimum Gasteiger partial charge on any atom is -0.475 e. The van der Waals surface area contributed by atoms with Gasteiger partial charge in [0.25, 0.3) is 0 Å². The largest absolute Gasteiger partial charge is 0.475 e. The summed E-state index contributed by atoms with van der Waals surface area (Å²) in [4.78, 5) is 12.9. The molecule has 0 bridgehead atoms. The summed E-state index contributed by atoms with van der Waals surface area (Å²) in [6, 6.07) is 1.09. The molecule has 0 unspecified atom stereocenters. The van der Waals surface area contributed by atoms with Gasteiger partial charge in [-0.3, -0.25) is 0 Å². The van der Waals surface area contributed by atoms with E-state index < -0.39 is 16.0 Å². The fourth-order valence-corrected chi connectivity index (χ4v) is 4.78. The molecule has 0 radical (unpaired) electrons. The van der Waals surface area contributed by atoms with Crippen LogP contribution >= 0.6 is 0 Å². The molecule has 7 nitrogen and oxygen atoms in total. The Morgan fingerprint density at radius 2 is 1.91 bits per heavy atom. The standard InChI is InChI=1S/C15H24N2O5S/c1-11-14(10-13(22-11)15(18)19)23(20,21)17(9-8-16(2)3)12-6-4-5-7-12/h10,12H,4-9H2,1-3H3,(H,18,19). The minimum atomic E-state index is -3.77. The second-order valence-electron chi connectivity index (χ2n) is 6.19. The zero-order valence-electron chi connectivity index (χ0n) is 13.8. The van der Waals surface area contributed by atoms with Crippen LogP contribution in [0, 0.1) is 6.92 Å². The molecule has 0 aromatic carbocycles. The zero-order chi connectivity index (χ0) is 17.2. The first-order valence-corrected chi connectivity index (χ1v) is 9.18.